The minimum absolute atomic E-state index is 0.157. The number of carbonyl (C=O) groups excluding carboxylic acids is 1. The summed E-state index contributed by atoms with van der Waals surface area (Å²) in [6.07, 6.45) is 3.47. The molecule has 3 rings (SSSR count). The van der Waals surface area contributed by atoms with Crippen LogP contribution in [0.3, 0.4) is 0 Å². The topological polar surface area (TPSA) is 67.0 Å². The zero-order valence-electron chi connectivity index (χ0n) is 13.6. The molecule has 24 heavy (non-hydrogen) atoms. The Morgan fingerprint density at radius 3 is 2.62 bits per heavy atom. The van der Waals surface area contributed by atoms with Crippen LogP contribution in [0.4, 0.5) is 0 Å². The maximum Gasteiger partial charge on any atom is 0.253 e. The molecular weight excluding hydrogens is 302 g/mol. The normalized spacial score (nSPS) is 11.8. The molecule has 5 nitrogen and oxygen atoms in total. The number of ether oxygens (including phenoxy) is 1. The van der Waals surface area contributed by atoms with Crippen molar-refractivity contribution in [2.45, 2.75) is 13.0 Å². The number of aryl methyl sites for hydroxylation is 1. The number of aromatic amines is 1. The number of rotatable bonds is 5. The van der Waals surface area contributed by atoms with Gasteiger partial charge in [-0.15, -0.1) is 0 Å². The molecular formula is C19H19N3O2. The van der Waals surface area contributed by atoms with Gasteiger partial charge in [-0.25, -0.2) is 0 Å². The third kappa shape index (κ3) is 3.15. The van der Waals surface area contributed by atoms with Gasteiger partial charge < -0.3 is 15.0 Å². The van der Waals surface area contributed by atoms with E-state index in [9.17, 15) is 4.79 Å². The fraction of sp³-hybridized carbons (Fsp3) is 0.158. The Bertz CT molecular complexity index is 827. The molecule has 0 saturated heterocycles. The van der Waals surface area contributed by atoms with Crippen LogP contribution in [0, 0.1) is 6.92 Å². The molecule has 5 heteroatoms. The Balaban J connectivity index is 2.00. The molecule has 0 radical (unpaired) electrons. The number of nitrogens with zero attached hydrogens (tertiary/aromatic N) is 1. The minimum atomic E-state index is -0.399. The lowest BCUT2D eigenvalue weighted by Gasteiger charge is -2.21. The molecule has 2 N–H and O–H groups in total. The molecule has 0 aliphatic carbocycles. The molecule has 1 amide bonds. The van der Waals surface area contributed by atoms with Crippen molar-refractivity contribution in [3.8, 4) is 5.75 Å². The number of para-hydroxylation sites is 1. The molecule has 0 bridgehead atoms. The maximum atomic E-state index is 12.7. The van der Waals surface area contributed by atoms with Crippen LogP contribution < -0.4 is 10.1 Å². The Morgan fingerprint density at radius 1 is 1.17 bits per heavy atom. The third-order valence-electron chi connectivity index (χ3n) is 3.91. The first-order valence-corrected chi connectivity index (χ1v) is 7.69. The van der Waals surface area contributed by atoms with E-state index in [1.54, 1.807) is 25.6 Å². The zero-order chi connectivity index (χ0) is 16.9. The van der Waals surface area contributed by atoms with E-state index < -0.39 is 6.04 Å². The van der Waals surface area contributed by atoms with Gasteiger partial charge in [0.1, 0.15) is 11.8 Å². The number of hydrogen-bond donors (Lipinski definition) is 2. The molecule has 122 valence electrons. The molecule has 0 aliphatic heterocycles. The zero-order valence-corrected chi connectivity index (χ0v) is 13.6. The van der Waals surface area contributed by atoms with Crippen molar-refractivity contribution in [2.24, 2.45) is 0 Å². The Labute approximate surface area is 140 Å². The molecule has 0 aliphatic rings. The Kier molecular flexibility index (Phi) is 4.61. The lowest BCUT2D eigenvalue weighted by atomic mass is 10.0. The smallest absolute Gasteiger partial charge is 0.253 e. The summed E-state index contributed by atoms with van der Waals surface area (Å²) < 4.78 is 5.46. The Hall–Kier alpha value is -3.08. The van der Waals surface area contributed by atoms with Crippen molar-refractivity contribution in [3.63, 3.8) is 0 Å². The second-order valence-electron chi connectivity index (χ2n) is 5.42. The second kappa shape index (κ2) is 7.00. The first-order valence-electron chi connectivity index (χ1n) is 7.69. The minimum Gasteiger partial charge on any atom is -0.496 e. The van der Waals surface area contributed by atoms with Crippen molar-refractivity contribution in [1.82, 2.24) is 15.3 Å². The van der Waals surface area contributed by atoms with Gasteiger partial charge in [0.2, 0.25) is 0 Å². The maximum absolute atomic E-state index is 12.7. The summed E-state index contributed by atoms with van der Waals surface area (Å²) in [5, 5.41) is 3.07. The summed E-state index contributed by atoms with van der Waals surface area (Å²) in [5.74, 6) is 0.551. The second-order valence-corrected chi connectivity index (χ2v) is 5.42. The number of carbonyl (C=O) groups is 1. The number of H-pyrrole nitrogens is 1. The molecule has 3 aromatic rings. The van der Waals surface area contributed by atoms with Crippen LogP contribution in [-0.2, 0) is 0 Å². The fourth-order valence-electron chi connectivity index (χ4n) is 2.67. The van der Waals surface area contributed by atoms with Crippen molar-refractivity contribution < 1.29 is 9.53 Å². The number of benzene rings is 1. The molecule has 2 aromatic heterocycles. The van der Waals surface area contributed by atoms with E-state index in [-0.39, 0.29) is 5.91 Å². The highest BCUT2D eigenvalue weighted by atomic mass is 16.5. The van der Waals surface area contributed by atoms with Gasteiger partial charge in [0.15, 0.2) is 0 Å². The largest absolute Gasteiger partial charge is 0.496 e. The number of hydrogen-bond acceptors (Lipinski definition) is 3. The number of pyridine rings is 1. The lowest BCUT2D eigenvalue weighted by molar-refractivity contribution is 0.0941. The number of aromatic nitrogens is 2. The quantitative estimate of drug-likeness (QED) is 0.758. The van der Waals surface area contributed by atoms with Crippen molar-refractivity contribution in [3.05, 3.63) is 83.4 Å². The summed E-state index contributed by atoms with van der Waals surface area (Å²) in [6, 6.07) is 14.6. The van der Waals surface area contributed by atoms with Gasteiger partial charge in [-0.05, 0) is 31.2 Å². The predicted octanol–water partition coefficient (Wildman–Crippen LogP) is 3.25. The summed E-state index contributed by atoms with van der Waals surface area (Å²) in [6.45, 7) is 1.87. The predicted molar refractivity (Wildman–Crippen MR) is 92.1 cm³/mol. The summed E-state index contributed by atoms with van der Waals surface area (Å²) in [5.41, 5.74) is 3.06. The molecule has 2 heterocycles. The number of methoxy groups -OCH3 is 1. The molecule has 1 atom stereocenters. The highest BCUT2D eigenvalue weighted by Crippen LogP contribution is 2.29. The lowest BCUT2D eigenvalue weighted by Crippen LogP contribution is -2.30. The van der Waals surface area contributed by atoms with Crippen LogP contribution in [0.25, 0.3) is 0 Å². The van der Waals surface area contributed by atoms with Gasteiger partial charge >= 0.3 is 0 Å². The third-order valence-corrected chi connectivity index (χ3v) is 3.91. The van der Waals surface area contributed by atoms with E-state index in [0.717, 1.165) is 17.0 Å². The van der Waals surface area contributed by atoms with Gasteiger partial charge in [0.05, 0.1) is 18.4 Å². The van der Waals surface area contributed by atoms with E-state index in [1.807, 2.05) is 49.4 Å². The Morgan fingerprint density at radius 2 is 1.96 bits per heavy atom. The first-order chi connectivity index (χ1) is 11.7. The molecule has 1 unspecified atom stereocenters. The monoisotopic (exact) mass is 321 g/mol. The number of nitrogens with one attached hydrogen (secondary N) is 2. The van der Waals surface area contributed by atoms with Gasteiger partial charge in [0.25, 0.3) is 5.91 Å². The first kappa shape index (κ1) is 15.8. The van der Waals surface area contributed by atoms with E-state index in [0.29, 0.717) is 11.3 Å². The summed E-state index contributed by atoms with van der Waals surface area (Å²) in [7, 11) is 1.62. The van der Waals surface area contributed by atoms with Gasteiger partial charge in [-0.3, -0.25) is 9.78 Å². The van der Waals surface area contributed by atoms with Crippen LogP contribution in [0.5, 0.6) is 5.75 Å². The van der Waals surface area contributed by atoms with E-state index >= 15 is 0 Å². The van der Waals surface area contributed by atoms with Crippen molar-refractivity contribution in [1.29, 1.82) is 0 Å². The molecule has 0 spiro atoms. The van der Waals surface area contributed by atoms with Crippen LogP contribution in [-0.4, -0.2) is 23.0 Å². The fourth-order valence-corrected chi connectivity index (χ4v) is 2.67. The van der Waals surface area contributed by atoms with Crippen molar-refractivity contribution in [2.75, 3.05) is 7.11 Å². The SMILES string of the molecule is COc1ccccc1C(NC(=O)c1cc[nH]c1C)c1ccccn1. The van der Waals surface area contributed by atoms with Crippen LogP contribution in [0.15, 0.2) is 60.9 Å². The highest BCUT2D eigenvalue weighted by molar-refractivity contribution is 5.95. The van der Waals surface area contributed by atoms with Gasteiger partial charge in [-0.1, -0.05) is 24.3 Å². The summed E-state index contributed by atoms with van der Waals surface area (Å²) in [4.78, 5) is 20.1. The van der Waals surface area contributed by atoms with Crippen LogP contribution >= 0.6 is 0 Å². The highest BCUT2D eigenvalue weighted by Gasteiger charge is 2.22. The standard InChI is InChI=1S/C19H19N3O2/c1-13-14(10-12-20-13)19(23)22-18(16-8-5-6-11-21-16)15-7-3-4-9-17(15)24-2/h3-12,18,20H,1-2H3,(H,22,23). The average Bonchev–Trinajstić information content (AvgIpc) is 3.06. The van der Waals surface area contributed by atoms with Crippen LogP contribution in [0.1, 0.15) is 33.4 Å². The van der Waals surface area contributed by atoms with E-state index in [2.05, 4.69) is 15.3 Å². The van der Waals surface area contributed by atoms with Gasteiger partial charge in [-0.2, -0.15) is 0 Å². The van der Waals surface area contributed by atoms with E-state index in [4.69, 9.17) is 4.74 Å². The summed E-state index contributed by atoms with van der Waals surface area (Å²) >= 11 is 0. The molecule has 0 saturated carbocycles. The van der Waals surface area contributed by atoms with E-state index in [1.165, 1.54) is 0 Å². The van der Waals surface area contributed by atoms with Gasteiger partial charge in [0, 0.05) is 23.7 Å². The molecule has 1 aromatic carbocycles. The molecule has 0 fully saturated rings. The average molecular weight is 321 g/mol. The van der Waals surface area contributed by atoms with Crippen LogP contribution in [0.2, 0.25) is 0 Å². The van der Waals surface area contributed by atoms with Crippen molar-refractivity contribution >= 4 is 5.91 Å². The number of amides is 1.